The van der Waals surface area contributed by atoms with Crippen LogP contribution in [0.4, 0.5) is 10.1 Å². The smallest absolute Gasteiger partial charge is 0.255 e. The largest absolute Gasteiger partial charge is 0.393 e. The number of halogens is 2. The van der Waals surface area contributed by atoms with Gasteiger partial charge in [0, 0.05) is 22.1 Å². The summed E-state index contributed by atoms with van der Waals surface area (Å²) in [6.07, 6.45) is 0.514. The third-order valence-electron chi connectivity index (χ3n) is 2.71. The van der Waals surface area contributed by atoms with Gasteiger partial charge in [-0.15, -0.1) is 0 Å². The lowest BCUT2D eigenvalue weighted by molar-refractivity contribution is 0.102. The zero-order valence-electron chi connectivity index (χ0n) is 10.9. The summed E-state index contributed by atoms with van der Waals surface area (Å²) in [4.78, 5) is 12.5. The number of benzene rings is 2. The van der Waals surface area contributed by atoms with Crippen LogP contribution in [0.5, 0.6) is 0 Å². The first-order valence-corrected chi connectivity index (χ1v) is 7.29. The second-order valence-electron chi connectivity index (χ2n) is 4.45. The average molecular weight is 367 g/mol. The molecule has 0 aliphatic heterocycles. The van der Waals surface area contributed by atoms with Crippen molar-refractivity contribution in [2.45, 2.75) is 6.42 Å². The van der Waals surface area contributed by atoms with Gasteiger partial charge < -0.3 is 11.1 Å². The molecule has 6 heteroatoms. The highest BCUT2D eigenvalue weighted by atomic mass is 79.9. The van der Waals surface area contributed by atoms with Crippen LogP contribution in [0.3, 0.4) is 0 Å². The van der Waals surface area contributed by atoms with Crippen molar-refractivity contribution in [1.29, 1.82) is 0 Å². The number of nitrogens with two attached hydrogens (primary N) is 1. The number of anilines is 1. The molecule has 1 amide bonds. The molecule has 108 valence electrons. The molecule has 0 atom stereocenters. The highest BCUT2D eigenvalue weighted by Gasteiger charge is 2.09. The Morgan fingerprint density at radius 3 is 2.48 bits per heavy atom. The summed E-state index contributed by atoms with van der Waals surface area (Å²) in [5.41, 5.74) is 7.30. The van der Waals surface area contributed by atoms with E-state index >= 15 is 0 Å². The van der Waals surface area contributed by atoms with Crippen molar-refractivity contribution < 1.29 is 9.18 Å². The predicted octanol–water partition coefficient (Wildman–Crippen LogP) is 3.67. The third kappa shape index (κ3) is 4.61. The van der Waals surface area contributed by atoms with Crippen molar-refractivity contribution in [2.75, 3.05) is 5.32 Å². The Morgan fingerprint density at radius 2 is 1.90 bits per heavy atom. The molecule has 2 rings (SSSR count). The Bertz CT molecular complexity index is 668. The summed E-state index contributed by atoms with van der Waals surface area (Å²) in [5.74, 6) is -0.848. The third-order valence-corrected chi connectivity index (χ3v) is 3.32. The minimum absolute atomic E-state index is 0.245. The molecule has 0 unspecified atom stereocenters. The van der Waals surface area contributed by atoms with Crippen LogP contribution >= 0.6 is 28.1 Å². The van der Waals surface area contributed by atoms with Crippen molar-refractivity contribution in [2.24, 2.45) is 5.73 Å². The van der Waals surface area contributed by atoms with E-state index in [0.717, 1.165) is 5.56 Å². The molecule has 0 saturated heterocycles. The van der Waals surface area contributed by atoms with Crippen molar-refractivity contribution in [1.82, 2.24) is 0 Å². The quantitative estimate of drug-likeness (QED) is 0.811. The van der Waals surface area contributed by atoms with Crippen LogP contribution in [0.15, 0.2) is 46.9 Å². The van der Waals surface area contributed by atoms with E-state index < -0.39 is 5.82 Å². The van der Waals surface area contributed by atoms with Gasteiger partial charge in [0.15, 0.2) is 0 Å². The monoisotopic (exact) mass is 366 g/mol. The Labute approximate surface area is 135 Å². The van der Waals surface area contributed by atoms with Crippen LogP contribution in [0.2, 0.25) is 0 Å². The number of rotatable bonds is 4. The van der Waals surface area contributed by atoms with Gasteiger partial charge in [0.1, 0.15) is 5.82 Å². The molecule has 0 spiro atoms. The molecule has 0 aliphatic carbocycles. The van der Waals surface area contributed by atoms with Crippen molar-refractivity contribution in [3.05, 3.63) is 63.9 Å². The Morgan fingerprint density at radius 1 is 1.24 bits per heavy atom. The predicted molar refractivity (Wildman–Crippen MR) is 89.0 cm³/mol. The van der Waals surface area contributed by atoms with E-state index in [9.17, 15) is 9.18 Å². The molecular weight excluding hydrogens is 355 g/mol. The first kappa shape index (κ1) is 15.6. The van der Waals surface area contributed by atoms with Crippen LogP contribution < -0.4 is 11.1 Å². The number of nitrogens with one attached hydrogen (secondary N) is 1. The van der Waals surface area contributed by atoms with Crippen molar-refractivity contribution in [3.63, 3.8) is 0 Å². The van der Waals surface area contributed by atoms with Crippen LogP contribution in [-0.2, 0) is 6.42 Å². The maximum absolute atomic E-state index is 13.3. The summed E-state index contributed by atoms with van der Waals surface area (Å²) in [6.45, 7) is 0. The molecule has 0 aromatic heterocycles. The highest BCUT2D eigenvalue weighted by molar-refractivity contribution is 9.10. The average Bonchev–Trinajstić information content (AvgIpc) is 2.39. The summed E-state index contributed by atoms with van der Waals surface area (Å²) >= 11 is 7.99. The molecule has 0 aliphatic rings. The first-order valence-electron chi connectivity index (χ1n) is 6.09. The summed E-state index contributed by atoms with van der Waals surface area (Å²) in [6, 6.07) is 11.2. The van der Waals surface area contributed by atoms with E-state index in [-0.39, 0.29) is 11.5 Å². The van der Waals surface area contributed by atoms with Gasteiger partial charge in [0.25, 0.3) is 5.91 Å². The lowest BCUT2D eigenvalue weighted by Gasteiger charge is -2.07. The van der Waals surface area contributed by atoms with Gasteiger partial charge in [-0.05, 0) is 35.9 Å². The molecule has 0 saturated carbocycles. The number of carbonyl (C=O) groups is 1. The van der Waals surface area contributed by atoms with E-state index in [1.807, 2.05) is 12.1 Å². The molecule has 21 heavy (non-hydrogen) atoms. The second kappa shape index (κ2) is 6.78. The van der Waals surface area contributed by atoms with Gasteiger partial charge in [-0.3, -0.25) is 4.79 Å². The van der Waals surface area contributed by atoms with Gasteiger partial charge in [-0.25, -0.2) is 4.39 Å². The molecule has 3 N–H and O–H groups in total. The molecule has 0 radical (unpaired) electrons. The first-order chi connectivity index (χ1) is 9.94. The van der Waals surface area contributed by atoms with Crippen molar-refractivity contribution in [3.8, 4) is 0 Å². The number of hydrogen-bond donors (Lipinski definition) is 2. The lowest BCUT2D eigenvalue weighted by Crippen LogP contribution is -2.13. The highest BCUT2D eigenvalue weighted by Crippen LogP contribution is 2.17. The SMILES string of the molecule is NC(=S)Cc1ccc(NC(=O)c2cc(F)cc(Br)c2)cc1. The van der Waals surface area contributed by atoms with E-state index in [4.69, 9.17) is 18.0 Å². The fraction of sp³-hybridized carbons (Fsp3) is 0.0667. The van der Waals surface area contributed by atoms with E-state index in [1.54, 1.807) is 18.2 Å². The Balaban J connectivity index is 2.10. The number of hydrogen-bond acceptors (Lipinski definition) is 2. The molecule has 0 heterocycles. The van der Waals surface area contributed by atoms with Crippen LogP contribution in [-0.4, -0.2) is 10.9 Å². The van der Waals surface area contributed by atoms with Gasteiger partial charge in [0.05, 0.1) is 4.99 Å². The minimum Gasteiger partial charge on any atom is -0.393 e. The Hall–Kier alpha value is -1.79. The summed E-state index contributed by atoms with van der Waals surface area (Å²) in [5, 5.41) is 2.70. The zero-order chi connectivity index (χ0) is 15.4. The van der Waals surface area contributed by atoms with E-state index in [0.29, 0.717) is 21.6 Å². The maximum atomic E-state index is 13.3. The summed E-state index contributed by atoms with van der Waals surface area (Å²) in [7, 11) is 0. The van der Waals surface area contributed by atoms with Gasteiger partial charge in [-0.2, -0.15) is 0 Å². The van der Waals surface area contributed by atoms with E-state index in [1.165, 1.54) is 12.1 Å². The topological polar surface area (TPSA) is 55.1 Å². The van der Waals surface area contributed by atoms with Crippen molar-refractivity contribution >= 4 is 44.7 Å². The van der Waals surface area contributed by atoms with E-state index in [2.05, 4.69) is 21.2 Å². The van der Waals surface area contributed by atoms with Gasteiger partial charge in [-0.1, -0.05) is 40.3 Å². The second-order valence-corrected chi connectivity index (χ2v) is 5.89. The van der Waals surface area contributed by atoms with Gasteiger partial charge >= 0.3 is 0 Å². The maximum Gasteiger partial charge on any atom is 0.255 e. The minimum atomic E-state index is -0.471. The van der Waals surface area contributed by atoms with Crippen LogP contribution in [0.1, 0.15) is 15.9 Å². The Kier molecular flexibility index (Phi) is 5.03. The standard InChI is InChI=1S/C15H12BrFN2OS/c16-11-6-10(7-12(17)8-11)15(20)19-13-3-1-9(2-4-13)5-14(18)21/h1-4,6-8H,5H2,(H2,18,21)(H,19,20). The molecule has 2 aromatic carbocycles. The molecule has 0 fully saturated rings. The normalized spacial score (nSPS) is 10.2. The van der Waals surface area contributed by atoms with Crippen LogP contribution in [0.25, 0.3) is 0 Å². The fourth-order valence-electron chi connectivity index (χ4n) is 1.80. The number of thiocarbonyl (C=S) groups is 1. The fourth-order valence-corrected chi connectivity index (χ4v) is 2.43. The molecule has 3 nitrogen and oxygen atoms in total. The van der Waals surface area contributed by atoms with Crippen LogP contribution in [0, 0.1) is 5.82 Å². The number of amides is 1. The van der Waals surface area contributed by atoms with Gasteiger partial charge in [0.2, 0.25) is 0 Å². The molecule has 2 aromatic rings. The molecular formula is C15H12BrFN2OS. The molecule has 0 bridgehead atoms. The summed E-state index contributed by atoms with van der Waals surface area (Å²) < 4.78 is 13.8. The number of carbonyl (C=O) groups excluding carboxylic acids is 1. The lowest BCUT2D eigenvalue weighted by atomic mass is 10.1. The zero-order valence-corrected chi connectivity index (χ0v) is 13.3.